The number of rotatable bonds is 4. The number of aromatic nitrogens is 4. The van der Waals surface area contributed by atoms with E-state index in [0.29, 0.717) is 0 Å². The zero-order chi connectivity index (χ0) is 52.4. The summed E-state index contributed by atoms with van der Waals surface area (Å²) in [5.41, 5.74) is 13.0. The maximum absolute atomic E-state index is 4.20. The van der Waals surface area contributed by atoms with Gasteiger partial charge in [-0.2, -0.15) is 0 Å². The number of hydrogen-bond acceptors (Lipinski definition) is 0. The van der Waals surface area contributed by atoms with Crippen LogP contribution in [-0.2, 0) is 0 Å². The molecule has 372 valence electrons. The number of benzene rings is 12. The molecule has 0 saturated heterocycles. The van der Waals surface area contributed by atoms with Crippen LogP contribution in [0.25, 0.3) is 108 Å². The van der Waals surface area contributed by atoms with Crippen LogP contribution in [-0.4, -0.2) is 19.9 Å². The van der Waals surface area contributed by atoms with Gasteiger partial charge < -0.3 is 19.9 Å². The molecular weight excluding hydrogens is 969 g/mol. The molecule has 0 spiro atoms. The van der Waals surface area contributed by atoms with Gasteiger partial charge >= 0.3 is 0 Å². The zero-order valence-corrected chi connectivity index (χ0v) is 43.4. The van der Waals surface area contributed by atoms with Crippen LogP contribution in [0.3, 0.4) is 0 Å². The van der Waals surface area contributed by atoms with E-state index in [4.69, 9.17) is 0 Å². The number of hydrogen-bond donors (Lipinski definition) is 4. The summed E-state index contributed by atoms with van der Waals surface area (Å²) in [6.07, 6.45) is 0. The molecule has 12 aromatic carbocycles. The van der Waals surface area contributed by atoms with Crippen LogP contribution < -0.4 is 21.4 Å². The molecule has 16 aromatic rings. The lowest BCUT2D eigenvalue weighted by Gasteiger charge is -2.17. The Labute approximate surface area is 459 Å². The summed E-state index contributed by atoms with van der Waals surface area (Å²) in [5.74, 6) is 0. The van der Waals surface area contributed by atoms with E-state index >= 15 is 0 Å². The highest BCUT2D eigenvalue weighted by Crippen LogP contribution is 2.41. The minimum Gasteiger partial charge on any atom is -0.354 e. The third-order valence-electron chi connectivity index (χ3n) is 17.0. The van der Waals surface area contributed by atoms with Gasteiger partial charge in [0.1, 0.15) is 0 Å². The van der Waals surface area contributed by atoms with Crippen LogP contribution in [0, 0.1) is 0 Å². The fourth-order valence-corrected chi connectivity index (χ4v) is 13.5. The molecule has 0 unspecified atom stereocenters. The predicted molar refractivity (Wildman–Crippen MR) is 334 cm³/mol. The lowest BCUT2D eigenvalue weighted by Crippen LogP contribution is -2.19. The summed E-state index contributed by atoms with van der Waals surface area (Å²) in [4.78, 5) is 16.8. The summed E-state index contributed by atoms with van der Waals surface area (Å²) < 4.78 is 0. The molecule has 0 fully saturated rings. The fourth-order valence-electron chi connectivity index (χ4n) is 13.5. The maximum atomic E-state index is 4.20. The predicted octanol–water partition coefficient (Wildman–Crippen LogP) is 15.5. The third kappa shape index (κ3) is 6.76. The van der Waals surface area contributed by atoms with Crippen molar-refractivity contribution in [3.05, 3.63) is 333 Å². The van der Waals surface area contributed by atoms with E-state index in [1.165, 1.54) is 108 Å². The third-order valence-corrected chi connectivity index (χ3v) is 17.0. The van der Waals surface area contributed by atoms with Crippen LogP contribution in [0.4, 0.5) is 0 Å². The van der Waals surface area contributed by atoms with Gasteiger partial charge in [0, 0.05) is 88.7 Å². The molecule has 8 bridgehead atoms. The van der Waals surface area contributed by atoms with Gasteiger partial charge in [0.15, 0.2) is 0 Å². The minimum atomic E-state index is 1.00. The maximum Gasteiger partial charge on any atom is 0.0486 e. The van der Waals surface area contributed by atoms with Crippen LogP contribution >= 0.6 is 0 Å². The molecule has 1 aliphatic rings. The standard InChI is InChI=1S/C76H48N4/c1-9-25-53-45(17-1)41-46-18-2-10-26-54(46)69(53)73-61-33-35-63(77-61)74(70-55-27-11-3-19-47(55)42-48-20-4-12-28-56(48)70)65-37-39-67(79-65)76(72-59-31-15-7-23-51(59)44-52-24-8-16-32-60(52)72)68-40-38-66(80-68)75(64-36-34-62(73)78-64)71-57-29-13-5-21-49(57)43-50-22-6-14-30-58(50)71/h1-44,77-80H. The quantitative estimate of drug-likeness (QED) is 0.127. The topological polar surface area (TPSA) is 63.2 Å². The van der Waals surface area contributed by atoms with Crippen molar-refractivity contribution in [1.82, 2.24) is 19.9 Å². The molecule has 4 nitrogen and oxygen atoms in total. The Bertz CT molecular complexity index is 4660. The van der Waals surface area contributed by atoms with Gasteiger partial charge in [0.25, 0.3) is 0 Å². The van der Waals surface area contributed by atoms with Gasteiger partial charge in [0.2, 0.25) is 0 Å². The van der Waals surface area contributed by atoms with Crippen molar-refractivity contribution in [3.63, 3.8) is 0 Å². The molecule has 0 aliphatic carbocycles. The van der Waals surface area contributed by atoms with E-state index in [2.05, 4.69) is 287 Å². The summed E-state index contributed by atoms with van der Waals surface area (Å²) in [6, 6.07) is 98.5. The van der Waals surface area contributed by atoms with Crippen molar-refractivity contribution in [2.75, 3.05) is 0 Å². The van der Waals surface area contributed by atoms with E-state index in [1.807, 2.05) is 0 Å². The molecule has 17 rings (SSSR count). The molecule has 80 heavy (non-hydrogen) atoms. The van der Waals surface area contributed by atoms with Gasteiger partial charge in [-0.1, -0.05) is 194 Å². The largest absolute Gasteiger partial charge is 0.354 e. The van der Waals surface area contributed by atoms with Crippen molar-refractivity contribution in [2.45, 2.75) is 0 Å². The van der Waals surface area contributed by atoms with E-state index < -0.39 is 0 Å². The minimum absolute atomic E-state index is 1.00. The Hall–Kier alpha value is -10.7. The molecule has 0 radical (unpaired) electrons. The van der Waals surface area contributed by atoms with Gasteiger partial charge in [-0.3, -0.25) is 0 Å². The van der Waals surface area contributed by atoms with Gasteiger partial charge in [-0.05, 0) is 159 Å². The Morgan fingerprint density at radius 1 is 0.163 bits per heavy atom. The average Bonchev–Trinajstić information content (AvgIpc) is 4.45. The van der Waals surface area contributed by atoms with E-state index in [1.54, 1.807) is 0 Å². The second-order valence-electron chi connectivity index (χ2n) is 21.4. The zero-order valence-electron chi connectivity index (χ0n) is 43.4. The van der Waals surface area contributed by atoms with Crippen LogP contribution in [0.5, 0.6) is 0 Å². The number of fused-ring (bicyclic) bond motifs is 16. The molecule has 4 aromatic heterocycles. The molecule has 4 heteroatoms. The summed E-state index contributed by atoms with van der Waals surface area (Å²) in [5, 5.41) is 23.0. The Morgan fingerprint density at radius 3 is 0.525 bits per heavy atom. The summed E-state index contributed by atoms with van der Waals surface area (Å²) in [7, 11) is 0. The molecule has 1 aliphatic heterocycles. The van der Waals surface area contributed by atoms with Crippen molar-refractivity contribution >= 4 is 108 Å². The SMILES string of the molecule is c1ccc2c(C3=c4ccc([nH]4)=C(c4c5ccccc5cc5ccccc45)c4ccc([nH]4)C(c4c5ccccc5cc5ccccc45)=c4ccc([nH]4)=C(c4c5ccccc5cc5ccccc45)c4ccc3[nH]4)c3ccccc3cc2c1. The van der Waals surface area contributed by atoms with Crippen LogP contribution in [0.15, 0.2) is 267 Å². The van der Waals surface area contributed by atoms with Gasteiger partial charge in [0.05, 0.1) is 0 Å². The highest BCUT2D eigenvalue weighted by molar-refractivity contribution is 6.15. The number of H-pyrrole nitrogens is 4. The lowest BCUT2D eigenvalue weighted by atomic mass is 9.90. The van der Waals surface area contributed by atoms with E-state index in [-0.39, 0.29) is 0 Å². The van der Waals surface area contributed by atoms with Crippen LogP contribution in [0.2, 0.25) is 0 Å². The molecule has 0 atom stereocenters. The second-order valence-corrected chi connectivity index (χ2v) is 21.4. The number of aromatic amines is 4. The monoisotopic (exact) mass is 1020 g/mol. The van der Waals surface area contributed by atoms with Gasteiger partial charge in [-0.25, -0.2) is 0 Å². The first-order valence-corrected chi connectivity index (χ1v) is 27.6. The Kier molecular flexibility index (Phi) is 9.68. The molecule has 0 saturated carbocycles. The lowest BCUT2D eigenvalue weighted by molar-refractivity contribution is 1.19. The van der Waals surface area contributed by atoms with Crippen molar-refractivity contribution in [3.8, 4) is 0 Å². The first kappa shape index (κ1) is 44.4. The molecule has 5 heterocycles. The highest BCUT2D eigenvalue weighted by atomic mass is 14.8. The number of nitrogens with one attached hydrogen (secondary N) is 4. The fraction of sp³-hybridized carbons (Fsp3) is 0. The van der Waals surface area contributed by atoms with Gasteiger partial charge in [-0.15, -0.1) is 0 Å². The van der Waals surface area contributed by atoms with Crippen molar-refractivity contribution in [1.29, 1.82) is 0 Å². The van der Waals surface area contributed by atoms with Crippen LogP contribution in [0.1, 0.15) is 45.0 Å². The van der Waals surface area contributed by atoms with Crippen molar-refractivity contribution in [2.24, 2.45) is 0 Å². The summed E-state index contributed by atoms with van der Waals surface area (Å²) >= 11 is 0. The average molecular weight is 1020 g/mol. The second kappa shape index (κ2) is 17.4. The summed E-state index contributed by atoms with van der Waals surface area (Å²) in [6.45, 7) is 0. The Balaban J connectivity index is 1.10. The normalized spacial score (nSPS) is 12.9. The first-order valence-electron chi connectivity index (χ1n) is 27.6. The molecule has 4 N–H and O–H groups in total. The highest BCUT2D eigenvalue weighted by Gasteiger charge is 2.25. The van der Waals surface area contributed by atoms with E-state index in [0.717, 1.165) is 66.5 Å². The Morgan fingerprint density at radius 2 is 0.338 bits per heavy atom. The molecule has 0 amide bonds. The molecular formula is C76H48N4. The smallest absolute Gasteiger partial charge is 0.0486 e. The van der Waals surface area contributed by atoms with E-state index in [9.17, 15) is 0 Å². The van der Waals surface area contributed by atoms with Crippen molar-refractivity contribution < 1.29 is 0 Å². The first-order chi connectivity index (χ1) is 39.7.